The maximum atomic E-state index is 5.31. The van der Waals surface area contributed by atoms with Crippen molar-refractivity contribution in [3.8, 4) is 11.5 Å². The molecule has 0 heterocycles. The molecule has 0 saturated heterocycles. The molecule has 2 N–H and O–H groups in total. The number of rotatable bonds is 10. The number of hydrogen-bond donors (Lipinski definition) is 2. The van der Waals surface area contributed by atoms with Crippen molar-refractivity contribution >= 4 is 0 Å². The Hall–Kier alpha value is -1.26. The van der Waals surface area contributed by atoms with Crippen molar-refractivity contribution in [1.82, 2.24) is 10.6 Å². The van der Waals surface area contributed by atoms with Gasteiger partial charge in [0.1, 0.15) is 0 Å². The van der Waals surface area contributed by atoms with E-state index in [9.17, 15) is 0 Å². The highest BCUT2D eigenvalue weighted by Crippen LogP contribution is 2.27. The summed E-state index contributed by atoms with van der Waals surface area (Å²) in [6.45, 7) is 7.45. The molecule has 20 heavy (non-hydrogen) atoms. The first-order valence-corrected chi connectivity index (χ1v) is 7.36. The topological polar surface area (TPSA) is 42.5 Å². The lowest BCUT2D eigenvalue weighted by molar-refractivity contribution is 0.354. The van der Waals surface area contributed by atoms with Crippen molar-refractivity contribution < 1.29 is 9.47 Å². The van der Waals surface area contributed by atoms with Crippen LogP contribution in [0.15, 0.2) is 18.2 Å². The monoisotopic (exact) mass is 280 g/mol. The normalized spacial score (nSPS) is 12.2. The Morgan fingerprint density at radius 2 is 1.85 bits per heavy atom. The Bertz CT molecular complexity index is 383. The molecule has 0 radical (unpaired) electrons. The molecule has 1 aromatic rings. The SMILES string of the molecule is CCCNCC(C)NCCc1ccc(OC)c(OC)c1. The van der Waals surface area contributed by atoms with Gasteiger partial charge in [0.15, 0.2) is 11.5 Å². The molecular formula is C16H28N2O2. The van der Waals surface area contributed by atoms with Gasteiger partial charge in [-0.3, -0.25) is 0 Å². The van der Waals surface area contributed by atoms with Gasteiger partial charge in [-0.25, -0.2) is 0 Å². The second-order valence-electron chi connectivity index (χ2n) is 5.00. The Labute approximate surface area is 122 Å². The van der Waals surface area contributed by atoms with Crippen molar-refractivity contribution in [3.63, 3.8) is 0 Å². The van der Waals surface area contributed by atoms with Gasteiger partial charge in [0.2, 0.25) is 0 Å². The van der Waals surface area contributed by atoms with Crippen LogP contribution >= 0.6 is 0 Å². The summed E-state index contributed by atoms with van der Waals surface area (Å²) in [5, 5.41) is 6.94. The van der Waals surface area contributed by atoms with Gasteiger partial charge in [0, 0.05) is 12.6 Å². The second-order valence-corrected chi connectivity index (χ2v) is 5.00. The minimum atomic E-state index is 0.488. The van der Waals surface area contributed by atoms with E-state index in [1.54, 1.807) is 14.2 Å². The van der Waals surface area contributed by atoms with E-state index in [0.717, 1.165) is 37.6 Å². The lowest BCUT2D eigenvalue weighted by Crippen LogP contribution is -2.37. The highest BCUT2D eigenvalue weighted by molar-refractivity contribution is 5.42. The largest absolute Gasteiger partial charge is 0.493 e. The highest BCUT2D eigenvalue weighted by atomic mass is 16.5. The number of hydrogen-bond acceptors (Lipinski definition) is 4. The summed E-state index contributed by atoms with van der Waals surface area (Å²) < 4.78 is 10.6. The average molecular weight is 280 g/mol. The standard InChI is InChI=1S/C16H28N2O2/c1-5-9-17-12-13(2)18-10-8-14-6-7-15(19-3)16(11-14)20-4/h6-7,11,13,17-18H,5,8-10,12H2,1-4H3. The fourth-order valence-electron chi connectivity index (χ4n) is 2.07. The smallest absolute Gasteiger partial charge is 0.160 e. The van der Waals surface area contributed by atoms with Crippen LogP contribution in [0.25, 0.3) is 0 Å². The summed E-state index contributed by atoms with van der Waals surface area (Å²) in [5.41, 5.74) is 1.25. The lowest BCUT2D eigenvalue weighted by atomic mass is 10.1. The van der Waals surface area contributed by atoms with Gasteiger partial charge in [0.05, 0.1) is 14.2 Å². The fourth-order valence-corrected chi connectivity index (χ4v) is 2.07. The van der Waals surface area contributed by atoms with Gasteiger partial charge >= 0.3 is 0 Å². The van der Waals surface area contributed by atoms with Gasteiger partial charge in [-0.2, -0.15) is 0 Å². The predicted octanol–water partition coefficient (Wildman–Crippen LogP) is 2.22. The zero-order valence-electron chi connectivity index (χ0n) is 13.2. The molecule has 0 aromatic heterocycles. The highest BCUT2D eigenvalue weighted by Gasteiger charge is 2.05. The number of benzene rings is 1. The van der Waals surface area contributed by atoms with Crippen LogP contribution in [0.3, 0.4) is 0 Å². The van der Waals surface area contributed by atoms with E-state index in [-0.39, 0.29) is 0 Å². The van der Waals surface area contributed by atoms with Crippen LogP contribution in [0.4, 0.5) is 0 Å². The Morgan fingerprint density at radius 3 is 2.50 bits per heavy atom. The Kier molecular flexibility index (Phi) is 8.07. The summed E-state index contributed by atoms with van der Waals surface area (Å²) in [6, 6.07) is 6.57. The third kappa shape index (κ3) is 5.80. The van der Waals surface area contributed by atoms with E-state index in [1.807, 2.05) is 12.1 Å². The van der Waals surface area contributed by atoms with E-state index >= 15 is 0 Å². The maximum absolute atomic E-state index is 5.31. The molecule has 0 aliphatic rings. The van der Waals surface area contributed by atoms with Crippen LogP contribution in [0.5, 0.6) is 11.5 Å². The first-order chi connectivity index (χ1) is 9.71. The minimum Gasteiger partial charge on any atom is -0.493 e. The summed E-state index contributed by atoms with van der Waals surface area (Å²) in [6.07, 6.45) is 2.16. The second kappa shape index (κ2) is 9.61. The molecular weight excluding hydrogens is 252 g/mol. The van der Waals surface area contributed by atoms with Crippen molar-refractivity contribution in [2.75, 3.05) is 33.9 Å². The third-order valence-electron chi connectivity index (χ3n) is 3.23. The molecule has 4 nitrogen and oxygen atoms in total. The van der Waals surface area contributed by atoms with Gasteiger partial charge in [0.25, 0.3) is 0 Å². The van der Waals surface area contributed by atoms with E-state index in [4.69, 9.17) is 9.47 Å². The van der Waals surface area contributed by atoms with Crippen LogP contribution in [-0.4, -0.2) is 39.9 Å². The van der Waals surface area contributed by atoms with Crippen molar-refractivity contribution in [1.29, 1.82) is 0 Å². The molecule has 0 amide bonds. The summed E-state index contributed by atoms with van der Waals surface area (Å²) >= 11 is 0. The van der Waals surface area contributed by atoms with E-state index < -0.39 is 0 Å². The van der Waals surface area contributed by atoms with Crippen LogP contribution in [0, 0.1) is 0 Å². The molecule has 0 aliphatic carbocycles. The maximum Gasteiger partial charge on any atom is 0.160 e. The first-order valence-electron chi connectivity index (χ1n) is 7.36. The van der Waals surface area contributed by atoms with Crippen LogP contribution in [0.1, 0.15) is 25.8 Å². The molecule has 1 rings (SSSR count). The molecule has 0 bridgehead atoms. The molecule has 0 spiro atoms. The summed E-state index contributed by atoms with van der Waals surface area (Å²) in [5.74, 6) is 1.57. The van der Waals surface area contributed by atoms with E-state index in [2.05, 4.69) is 30.5 Å². The van der Waals surface area contributed by atoms with Gasteiger partial charge in [-0.05, 0) is 50.6 Å². The van der Waals surface area contributed by atoms with Gasteiger partial charge in [-0.15, -0.1) is 0 Å². The van der Waals surface area contributed by atoms with Crippen LogP contribution in [0.2, 0.25) is 0 Å². The zero-order chi connectivity index (χ0) is 14.8. The number of nitrogens with one attached hydrogen (secondary N) is 2. The Balaban J connectivity index is 2.34. The van der Waals surface area contributed by atoms with Crippen molar-refractivity contribution in [2.45, 2.75) is 32.7 Å². The lowest BCUT2D eigenvalue weighted by Gasteiger charge is -2.15. The van der Waals surface area contributed by atoms with Crippen LogP contribution in [-0.2, 0) is 6.42 Å². The summed E-state index contributed by atoms with van der Waals surface area (Å²) in [4.78, 5) is 0. The summed E-state index contributed by atoms with van der Waals surface area (Å²) in [7, 11) is 3.32. The molecule has 0 fully saturated rings. The minimum absolute atomic E-state index is 0.488. The molecule has 114 valence electrons. The zero-order valence-corrected chi connectivity index (χ0v) is 13.2. The fraction of sp³-hybridized carbons (Fsp3) is 0.625. The van der Waals surface area contributed by atoms with E-state index in [1.165, 1.54) is 12.0 Å². The number of methoxy groups -OCH3 is 2. The molecule has 1 unspecified atom stereocenters. The first kappa shape index (κ1) is 16.8. The van der Waals surface area contributed by atoms with Gasteiger partial charge in [-0.1, -0.05) is 13.0 Å². The van der Waals surface area contributed by atoms with E-state index in [0.29, 0.717) is 6.04 Å². The molecule has 0 saturated carbocycles. The van der Waals surface area contributed by atoms with Crippen molar-refractivity contribution in [3.05, 3.63) is 23.8 Å². The number of ether oxygens (including phenoxy) is 2. The third-order valence-corrected chi connectivity index (χ3v) is 3.23. The molecule has 1 aromatic carbocycles. The van der Waals surface area contributed by atoms with Gasteiger partial charge < -0.3 is 20.1 Å². The molecule has 4 heteroatoms. The predicted molar refractivity (Wildman–Crippen MR) is 83.9 cm³/mol. The van der Waals surface area contributed by atoms with Crippen molar-refractivity contribution in [2.24, 2.45) is 0 Å². The van der Waals surface area contributed by atoms with Crippen LogP contribution < -0.4 is 20.1 Å². The Morgan fingerprint density at radius 1 is 1.10 bits per heavy atom. The average Bonchev–Trinajstić information content (AvgIpc) is 2.47. The quantitative estimate of drug-likeness (QED) is 0.645. The molecule has 0 aliphatic heterocycles. The molecule has 1 atom stereocenters.